The fourth-order valence-electron chi connectivity index (χ4n) is 1.29. The number of carbonyl (C=O) groups excluding carboxylic acids is 2. The first-order valence-electron chi connectivity index (χ1n) is 6.26. The smallest absolute Gasteiger partial charge is 0.408 e. The van der Waals surface area contributed by atoms with Crippen molar-refractivity contribution in [3.63, 3.8) is 0 Å². The van der Waals surface area contributed by atoms with Gasteiger partial charge in [0.1, 0.15) is 5.60 Å². The van der Waals surface area contributed by atoms with Crippen molar-refractivity contribution >= 4 is 19.5 Å². The first-order valence-corrected chi connectivity index (χ1v) is 7.98. The summed E-state index contributed by atoms with van der Waals surface area (Å²) in [5, 5.41) is 2.43. The van der Waals surface area contributed by atoms with Crippen molar-refractivity contribution in [1.82, 2.24) is 5.32 Å². The van der Waals surface area contributed by atoms with E-state index >= 15 is 0 Å². The number of ether oxygens (including phenoxy) is 1. The molecule has 0 unspecified atom stereocenters. The number of hydrogen-bond acceptors (Lipinski definition) is 6. The zero-order chi connectivity index (χ0) is 16.0. The van der Waals surface area contributed by atoms with Crippen LogP contribution in [0.2, 0.25) is 0 Å². The second-order valence-electron chi connectivity index (χ2n) is 5.28. The quantitative estimate of drug-likeness (QED) is 0.726. The summed E-state index contributed by atoms with van der Waals surface area (Å²) in [6.07, 6.45) is -0.713. The van der Waals surface area contributed by atoms with Gasteiger partial charge in [0.15, 0.2) is 5.78 Å². The molecule has 0 fully saturated rings. The molecule has 118 valence electrons. The van der Waals surface area contributed by atoms with Crippen molar-refractivity contribution in [2.75, 3.05) is 20.4 Å². The molecule has 0 aliphatic carbocycles. The van der Waals surface area contributed by atoms with Crippen LogP contribution >= 0.6 is 7.60 Å². The maximum absolute atomic E-state index is 11.8. The van der Waals surface area contributed by atoms with Crippen molar-refractivity contribution in [1.29, 1.82) is 0 Å². The Hall–Kier alpha value is -0.910. The Balaban J connectivity index is 4.30. The van der Waals surface area contributed by atoms with Crippen LogP contribution in [0.1, 0.15) is 34.1 Å². The zero-order valence-electron chi connectivity index (χ0n) is 12.9. The summed E-state index contributed by atoms with van der Waals surface area (Å²) in [5.74, 6) is -0.273. The van der Waals surface area contributed by atoms with Gasteiger partial charge in [-0.05, 0) is 27.7 Å². The molecule has 20 heavy (non-hydrogen) atoms. The molecule has 0 aliphatic rings. The van der Waals surface area contributed by atoms with Gasteiger partial charge in [0.2, 0.25) is 0 Å². The molecule has 1 amide bonds. The van der Waals surface area contributed by atoms with Gasteiger partial charge >= 0.3 is 13.7 Å². The van der Waals surface area contributed by atoms with Crippen molar-refractivity contribution in [3.05, 3.63) is 0 Å². The van der Waals surface area contributed by atoms with Crippen LogP contribution in [0.4, 0.5) is 4.79 Å². The number of hydrogen-bond donors (Lipinski definition) is 1. The maximum atomic E-state index is 11.8. The number of alkyl carbamates (subject to hydrolysis) is 1. The van der Waals surface area contributed by atoms with Crippen LogP contribution in [-0.4, -0.2) is 43.9 Å². The average Bonchev–Trinajstić information content (AvgIpc) is 2.33. The minimum Gasteiger partial charge on any atom is -0.444 e. The monoisotopic (exact) mass is 309 g/mol. The minimum absolute atomic E-state index is 0.0179. The van der Waals surface area contributed by atoms with Gasteiger partial charge in [0, 0.05) is 20.6 Å². The van der Waals surface area contributed by atoms with Gasteiger partial charge in [-0.2, -0.15) is 0 Å². The van der Waals surface area contributed by atoms with Crippen LogP contribution in [0.15, 0.2) is 0 Å². The molecule has 0 radical (unpaired) electrons. The number of rotatable bonds is 7. The van der Waals surface area contributed by atoms with E-state index < -0.39 is 25.3 Å². The lowest BCUT2D eigenvalue weighted by Gasteiger charge is -2.21. The highest BCUT2D eigenvalue weighted by Crippen LogP contribution is 2.46. The molecular formula is C12H24NO6P. The molecule has 0 bridgehead atoms. The van der Waals surface area contributed by atoms with E-state index in [1.54, 1.807) is 20.8 Å². The van der Waals surface area contributed by atoms with Gasteiger partial charge in [-0.25, -0.2) is 4.79 Å². The highest BCUT2D eigenvalue weighted by molar-refractivity contribution is 7.53. The largest absolute Gasteiger partial charge is 0.444 e. The molecule has 0 aromatic carbocycles. The molecule has 0 aromatic heterocycles. The van der Waals surface area contributed by atoms with E-state index in [1.165, 1.54) is 21.1 Å². The van der Waals surface area contributed by atoms with E-state index in [1.807, 2.05) is 0 Å². The Morgan fingerprint density at radius 2 is 1.70 bits per heavy atom. The van der Waals surface area contributed by atoms with Crippen LogP contribution in [0.25, 0.3) is 0 Å². The molecule has 0 aromatic rings. The third kappa shape index (κ3) is 7.62. The number of carbonyl (C=O) groups is 2. The first-order chi connectivity index (χ1) is 9.03. The first kappa shape index (κ1) is 19.1. The summed E-state index contributed by atoms with van der Waals surface area (Å²) < 4.78 is 26.3. The standard InChI is InChI=1S/C12H24NO6P/c1-9(13-11(15)19-12(2,3)4)10(14)7-8-20(16,17-5)18-6/h9H,7-8H2,1-6H3,(H,13,15)/t9-/m1/s1. The molecule has 0 saturated heterocycles. The lowest BCUT2D eigenvalue weighted by atomic mass is 10.2. The van der Waals surface area contributed by atoms with E-state index in [9.17, 15) is 14.2 Å². The number of ketones is 1. The molecule has 0 spiro atoms. The maximum Gasteiger partial charge on any atom is 0.408 e. The van der Waals surface area contributed by atoms with E-state index in [4.69, 9.17) is 13.8 Å². The van der Waals surface area contributed by atoms with Gasteiger partial charge < -0.3 is 19.1 Å². The second-order valence-corrected chi connectivity index (χ2v) is 7.68. The van der Waals surface area contributed by atoms with Crippen molar-refractivity contribution in [3.8, 4) is 0 Å². The number of amides is 1. The molecule has 0 rings (SSSR count). The van der Waals surface area contributed by atoms with Gasteiger partial charge in [0.05, 0.1) is 12.2 Å². The lowest BCUT2D eigenvalue weighted by molar-refractivity contribution is -0.120. The normalized spacial score (nSPS) is 13.7. The summed E-state index contributed by atoms with van der Waals surface area (Å²) in [5.41, 5.74) is -0.630. The van der Waals surface area contributed by atoms with Gasteiger partial charge in [0.25, 0.3) is 0 Å². The summed E-state index contributed by atoms with van der Waals surface area (Å²) in [6.45, 7) is 6.72. The van der Waals surface area contributed by atoms with Crippen LogP contribution in [0, 0.1) is 0 Å². The van der Waals surface area contributed by atoms with Crippen LogP contribution < -0.4 is 5.32 Å². The highest BCUT2D eigenvalue weighted by Gasteiger charge is 2.25. The minimum atomic E-state index is -3.21. The number of nitrogens with one attached hydrogen (secondary N) is 1. The van der Waals surface area contributed by atoms with Crippen LogP contribution in [-0.2, 0) is 23.1 Å². The van der Waals surface area contributed by atoms with Gasteiger partial charge in [-0.1, -0.05) is 0 Å². The molecular weight excluding hydrogens is 285 g/mol. The molecule has 7 nitrogen and oxygen atoms in total. The Labute approximate surface area is 119 Å². The molecule has 0 heterocycles. The summed E-state index contributed by atoms with van der Waals surface area (Å²) in [7, 11) is -0.685. The second kappa shape index (κ2) is 7.76. The molecule has 0 aliphatic heterocycles. The summed E-state index contributed by atoms with van der Waals surface area (Å²) >= 11 is 0. The highest BCUT2D eigenvalue weighted by atomic mass is 31.2. The predicted molar refractivity (Wildman–Crippen MR) is 74.9 cm³/mol. The Morgan fingerprint density at radius 1 is 1.20 bits per heavy atom. The molecule has 8 heteroatoms. The fraction of sp³-hybridized carbons (Fsp3) is 0.833. The summed E-state index contributed by atoms with van der Waals surface area (Å²) in [4.78, 5) is 23.3. The number of Topliss-reactive ketones (excluding diaryl/α,β-unsaturated/α-hetero) is 1. The van der Waals surface area contributed by atoms with Crippen LogP contribution in [0.3, 0.4) is 0 Å². The van der Waals surface area contributed by atoms with Gasteiger partial charge in [-0.15, -0.1) is 0 Å². The van der Waals surface area contributed by atoms with Crippen LogP contribution in [0.5, 0.6) is 0 Å². The average molecular weight is 309 g/mol. The molecule has 1 N–H and O–H groups in total. The molecule has 0 saturated carbocycles. The van der Waals surface area contributed by atoms with Gasteiger partial charge in [-0.3, -0.25) is 9.36 Å². The van der Waals surface area contributed by atoms with Crippen molar-refractivity contribution in [2.45, 2.75) is 45.8 Å². The van der Waals surface area contributed by atoms with E-state index in [2.05, 4.69) is 5.32 Å². The van der Waals surface area contributed by atoms with E-state index in [-0.39, 0.29) is 18.4 Å². The Morgan fingerprint density at radius 3 is 2.10 bits per heavy atom. The predicted octanol–water partition coefficient (Wildman–Crippen LogP) is 2.34. The molecule has 1 atom stereocenters. The summed E-state index contributed by atoms with van der Waals surface area (Å²) in [6, 6.07) is -0.730. The Bertz CT molecular complexity index is 382. The van der Waals surface area contributed by atoms with Crippen molar-refractivity contribution < 1.29 is 27.9 Å². The van der Waals surface area contributed by atoms with E-state index in [0.717, 1.165) is 0 Å². The topological polar surface area (TPSA) is 90.9 Å². The van der Waals surface area contributed by atoms with E-state index in [0.29, 0.717) is 0 Å². The zero-order valence-corrected chi connectivity index (χ0v) is 13.8. The Kier molecular flexibility index (Phi) is 7.41. The third-order valence-electron chi connectivity index (χ3n) is 2.40. The SMILES string of the molecule is COP(=O)(CCC(=O)[C@@H](C)NC(=O)OC(C)(C)C)OC. The lowest BCUT2D eigenvalue weighted by Crippen LogP contribution is -2.41. The fourth-order valence-corrected chi connectivity index (χ4v) is 2.29. The van der Waals surface area contributed by atoms with Crippen molar-refractivity contribution in [2.24, 2.45) is 0 Å². The third-order valence-corrected chi connectivity index (χ3v) is 4.29.